The zero-order valence-corrected chi connectivity index (χ0v) is 12.2. The zero-order valence-electron chi connectivity index (χ0n) is 12.2. The first-order valence-electron chi connectivity index (χ1n) is 6.86. The van der Waals surface area contributed by atoms with Crippen molar-refractivity contribution in [3.63, 3.8) is 0 Å². The largest absolute Gasteiger partial charge is 0.355 e. The molecule has 0 aromatic heterocycles. The van der Waals surface area contributed by atoms with Gasteiger partial charge in [0, 0.05) is 32.6 Å². The topological polar surface area (TPSA) is 78.5 Å². The average Bonchev–Trinajstić information content (AvgIpc) is 2.93. The summed E-state index contributed by atoms with van der Waals surface area (Å²) >= 11 is 0. The molecule has 112 valence electrons. The number of nitrogens with zero attached hydrogens (tertiary/aromatic N) is 1. The number of rotatable bonds is 4. The van der Waals surface area contributed by atoms with Crippen LogP contribution in [-0.2, 0) is 16.1 Å². The van der Waals surface area contributed by atoms with Crippen LogP contribution in [0.15, 0.2) is 24.3 Å². The molecule has 0 aliphatic carbocycles. The molecule has 0 saturated carbocycles. The van der Waals surface area contributed by atoms with Crippen molar-refractivity contribution < 1.29 is 14.4 Å². The van der Waals surface area contributed by atoms with Crippen molar-refractivity contribution in [1.82, 2.24) is 15.5 Å². The van der Waals surface area contributed by atoms with Crippen LogP contribution >= 0.6 is 0 Å². The Morgan fingerprint density at radius 1 is 1.33 bits per heavy atom. The highest BCUT2D eigenvalue weighted by molar-refractivity contribution is 5.94. The first-order valence-corrected chi connectivity index (χ1v) is 6.86. The van der Waals surface area contributed by atoms with E-state index in [0.29, 0.717) is 24.9 Å². The molecule has 1 aromatic carbocycles. The molecule has 1 aromatic rings. The lowest BCUT2D eigenvalue weighted by atomic mass is 10.1. The Morgan fingerprint density at radius 3 is 2.52 bits per heavy atom. The third kappa shape index (κ3) is 3.59. The summed E-state index contributed by atoms with van der Waals surface area (Å²) in [7, 11) is 3.29. The molecule has 1 fully saturated rings. The van der Waals surface area contributed by atoms with Crippen molar-refractivity contribution in [2.75, 3.05) is 14.1 Å². The first-order chi connectivity index (χ1) is 10.0. The molecule has 1 saturated heterocycles. The number of hydrogen-bond donors (Lipinski definition) is 2. The van der Waals surface area contributed by atoms with Gasteiger partial charge in [-0.05, 0) is 24.1 Å². The van der Waals surface area contributed by atoms with Gasteiger partial charge in [-0.2, -0.15) is 0 Å². The Morgan fingerprint density at radius 2 is 2.00 bits per heavy atom. The standard InChI is InChI=1S/C15H19N3O3/c1-16-14(20)11-5-3-10(4-6-11)9-18(2)15(21)12-7-8-13(19)17-12/h3-6,12H,7-9H2,1-2H3,(H,16,20)(H,17,19)/t12-/m1/s1. The molecule has 3 amide bonds. The predicted molar refractivity (Wildman–Crippen MR) is 77.5 cm³/mol. The Hall–Kier alpha value is -2.37. The Kier molecular flexibility index (Phi) is 4.57. The average molecular weight is 289 g/mol. The summed E-state index contributed by atoms with van der Waals surface area (Å²) in [5.41, 5.74) is 1.51. The van der Waals surface area contributed by atoms with E-state index < -0.39 is 6.04 Å². The van der Waals surface area contributed by atoms with Gasteiger partial charge in [-0.15, -0.1) is 0 Å². The quantitative estimate of drug-likeness (QED) is 0.836. The van der Waals surface area contributed by atoms with Gasteiger partial charge in [-0.1, -0.05) is 12.1 Å². The monoisotopic (exact) mass is 289 g/mol. The molecular weight excluding hydrogens is 270 g/mol. The van der Waals surface area contributed by atoms with Gasteiger partial charge in [0.2, 0.25) is 11.8 Å². The normalized spacial score (nSPS) is 17.2. The molecule has 6 heteroatoms. The molecule has 6 nitrogen and oxygen atoms in total. The number of carbonyl (C=O) groups excluding carboxylic acids is 3. The van der Waals surface area contributed by atoms with Gasteiger partial charge in [0.25, 0.3) is 5.91 Å². The SMILES string of the molecule is CNC(=O)c1ccc(CN(C)C(=O)[C@H]2CCC(=O)N2)cc1. The predicted octanol–water partition coefficient (Wildman–Crippen LogP) is 0.283. The van der Waals surface area contributed by atoms with E-state index in [1.165, 1.54) is 0 Å². The summed E-state index contributed by atoms with van der Waals surface area (Å²) in [5.74, 6) is -0.299. The van der Waals surface area contributed by atoms with E-state index in [0.717, 1.165) is 5.56 Å². The van der Waals surface area contributed by atoms with Crippen LogP contribution < -0.4 is 10.6 Å². The van der Waals surface area contributed by atoms with Crippen molar-refractivity contribution in [3.8, 4) is 0 Å². The maximum atomic E-state index is 12.2. The summed E-state index contributed by atoms with van der Waals surface area (Å²) in [6, 6.07) is 6.68. The van der Waals surface area contributed by atoms with Gasteiger partial charge in [0.15, 0.2) is 0 Å². The second-order valence-corrected chi connectivity index (χ2v) is 5.13. The van der Waals surface area contributed by atoms with E-state index in [9.17, 15) is 14.4 Å². The summed E-state index contributed by atoms with van der Waals surface area (Å²) in [5, 5.41) is 5.23. The fourth-order valence-corrected chi connectivity index (χ4v) is 2.32. The van der Waals surface area contributed by atoms with Crippen molar-refractivity contribution in [2.45, 2.75) is 25.4 Å². The van der Waals surface area contributed by atoms with Crippen LogP contribution in [0.1, 0.15) is 28.8 Å². The lowest BCUT2D eigenvalue weighted by Crippen LogP contribution is -2.42. The lowest BCUT2D eigenvalue weighted by Gasteiger charge is -2.21. The molecule has 0 radical (unpaired) electrons. The number of benzene rings is 1. The maximum absolute atomic E-state index is 12.2. The van der Waals surface area contributed by atoms with E-state index in [1.54, 1.807) is 31.1 Å². The van der Waals surface area contributed by atoms with Gasteiger partial charge in [-0.3, -0.25) is 14.4 Å². The van der Waals surface area contributed by atoms with E-state index >= 15 is 0 Å². The zero-order chi connectivity index (χ0) is 15.4. The minimum atomic E-state index is -0.410. The smallest absolute Gasteiger partial charge is 0.251 e. The molecule has 0 unspecified atom stereocenters. The minimum absolute atomic E-state index is 0.0725. The van der Waals surface area contributed by atoms with Gasteiger partial charge >= 0.3 is 0 Å². The number of likely N-dealkylation sites (N-methyl/N-ethyl adjacent to an activating group) is 1. The molecule has 2 rings (SSSR count). The van der Waals surface area contributed by atoms with Gasteiger partial charge in [0.1, 0.15) is 6.04 Å². The van der Waals surface area contributed by atoms with Crippen LogP contribution in [0.4, 0.5) is 0 Å². The number of carbonyl (C=O) groups is 3. The van der Waals surface area contributed by atoms with Gasteiger partial charge in [-0.25, -0.2) is 0 Å². The second-order valence-electron chi connectivity index (χ2n) is 5.13. The van der Waals surface area contributed by atoms with Crippen LogP contribution in [0, 0.1) is 0 Å². The van der Waals surface area contributed by atoms with E-state index in [4.69, 9.17) is 0 Å². The lowest BCUT2D eigenvalue weighted by molar-refractivity contribution is -0.133. The highest BCUT2D eigenvalue weighted by atomic mass is 16.2. The molecule has 2 N–H and O–H groups in total. The highest BCUT2D eigenvalue weighted by Crippen LogP contribution is 2.12. The molecule has 1 aliphatic rings. The molecular formula is C15H19N3O3. The van der Waals surface area contributed by atoms with Crippen molar-refractivity contribution in [3.05, 3.63) is 35.4 Å². The third-order valence-electron chi connectivity index (χ3n) is 3.53. The Labute approximate surface area is 123 Å². The molecule has 1 heterocycles. The number of hydrogen-bond acceptors (Lipinski definition) is 3. The maximum Gasteiger partial charge on any atom is 0.251 e. The van der Waals surface area contributed by atoms with Crippen molar-refractivity contribution >= 4 is 17.7 Å². The summed E-state index contributed by atoms with van der Waals surface area (Å²) in [4.78, 5) is 36.3. The highest BCUT2D eigenvalue weighted by Gasteiger charge is 2.29. The van der Waals surface area contributed by atoms with Crippen LogP contribution in [0.2, 0.25) is 0 Å². The van der Waals surface area contributed by atoms with Crippen LogP contribution in [0.5, 0.6) is 0 Å². The molecule has 0 bridgehead atoms. The van der Waals surface area contributed by atoms with E-state index in [2.05, 4.69) is 10.6 Å². The number of nitrogens with one attached hydrogen (secondary N) is 2. The van der Waals surface area contributed by atoms with Gasteiger partial charge < -0.3 is 15.5 Å². The fraction of sp³-hybridized carbons (Fsp3) is 0.400. The van der Waals surface area contributed by atoms with Crippen molar-refractivity contribution in [1.29, 1.82) is 0 Å². The molecule has 1 atom stereocenters. The Bertz CT molecular complexity index is 554. The first kappa shape index (κ1) is 15.0. The minimum Gasteiger partial charge on any atom is -0.355 e. The third-order valence-corrected chi connectivity index (χ3v) is 3.53. The van der Waals surface area contributed by atoms with Crippen LogP contribution in [0.3, 0.4) is 0 Å². The Balaban J connectivity index is 1.96. The van der Waals surface area contributed by atoms with Gasteiger partial charge in [0.05, 0.1) is 0 Å². The van der Waals surface area contributed by atoms with E-state index in [-0.39, 0.29) is 17.7 Å². The molecule has 0 spiro atoms. The summed E-state index contributed by atoms with van der Waals surface area (Å²) in [6.45, 7) is 0.444. The molecule has 1 aliphatic heterocycles. The molecule has 21 heavy (non-hydrogen) atoms. The van der Waals surface area contributed by atoms with Crippen LogP contribution in [0.25, 0.3) is 0 Å². The van der Waals surface area contributed by atoms with E-state index in [1.807, 2.05) is 12.1 Å². The summed E-state index contributed by atoms with van der Waals surface area (Å²) < 4.78 is 0. The van der Waals surface area contributed by atoms with Crippen molar-refractivity contribution in [2.24, 2.45) is 0 Å². The van der Waals surface area contributed by atoms with Crippen LogP contribution in [-0.4, -0.2) is 42.8 Å². The number of amides is 3. The fourth-order valence-electron chi connectivity index (χ4n) is 2.32. The second kappa shape index (κ2) is 6.39. The summed E-state index contributed by atoms with van der Waals surface area (Å²) in [6.07, 6.45) is 0.961.